The Labute approximate surface area is 158 Å². The molecule has 1 aliphatic heterocycles. The first-order valence-corrected chi connectivity index (χ1v) is 8.85. The second kappa shape index (κ2) is 7.23. The number of carbonyl (C=O) groups excluding carboxylic acids is 3. The number of hydrogen-bond acceptors (Lipinski definition) is 3. The van der Waals surface area contributed by atoms with Crippen LogP contribution in [0.25, 0.3) is 0 Å². The highest BCUT2D eigenvalue weighted by Crippen LogP contribution is 2.25. The van der Waals surface area contributed by atoms with Crippen molar-refractivity contribution in [1.29, 1.82) is 0 Å². The monoisotopic (exact) mass is 365 g/mol. The van der Waals surface area contributed by atoms with Gasteiger partial charge in [0.15, 0.2) is 0 Å². The minimum absolute atomic E-state index is 0.0181. The van der Waals surface area contributed by atoms with E-state index in [1.165, 1.54) is 0 Å². The third-order valence-corrected chi connectivity index (χ3v) is 4.97. The van der Waals surface area contributed by atoms with Gasteiger partial charge in [0, 0.05) is 12.2 Å². The molecule has 0 aliphatic carbocycles. The SMILES string of the molecule is Cc1ccc(N2C(=O)NCC(C(=O)Nc3c(C)cccc3C)C2=O)cc1C. The lowest BCUT2D eigenvalue weighted by molar-refractivity contribution is -0.130. The Morgan fingerprint density at radius 3 is 2.30 bits per heavy atom. The van der Waals surface area contributed by atoms with E-state index in [1.54, 1.807) is 12.1 Å². The van der Waals surface area contributed by atoms with E-state index in [0.717, 1.165) is 27.2 Å². The van der Waals surface area contributed by atoms with Gasteiger partial charge in [-0.1, -0.05) is 24.3 Å². The van der Waals surface area contributed by atoms with E-state index in [0.29, 0.717) is 11.4 Å². The maximum Gasteiger partial charge on any atom is 0.328 e. The normalized spacial score (nSPS) is 16.9. The molecule has 1 heterocycles. The highest BCUT2D eigenvalue weighted by Gasteiger charge is 2.39. The second-order valence-corrected chi connectivity index (χ2v) is 6.94. The number of rotatable bonds is 3. The fourth-order valence-electron chi connectivity index (χ4n) is 3.15. The molecule has 0 radical (unpaired) electrons. The minimum Gasteiger partial charge on any atom is -0.336 e. The number of amides is 4. The number of nitrogens with one attached hydrogen (secondary N) is 2. The van der Waals surface area contributed by atoms with Crippen LogP contribution in [-0.4, -0.2) is 24.4 Å². The van der Waals surface area contributed by atoms with Crippen molar-refractivity contribution in [3.8, 4) is 0 Å². The Hall–Kier alpha value is -3.15. The van der Waals surface area contributed by atoms with Crippen molar-refractivity contribution in [1.82, 2.24) is 5.32 Å². The van der Waals surface area contributed by atoms with Gasteiger partial charge in [0.25, 0.3) is 0 Å². The first-order chi connectivity index (χ1) is 12.8. The van der Waals surface area contributed by atoms with Crippen molar-refractivity contribution in [2.24, 2.45) is 5.92 Å². The molecule has 0 spiro atoms. The molecule has 1 aliphatic rings. The highest BCUT2D eigenvalue weighted by molar-refractivity contribution is 6.23. The predicted molar refractivity (Wildman–Crippen MR) is 105 cm³/mol. The molecule has 1 fully saturated rings. The molecule has 1 unspecified atom stereocenters. The van der Waals surface area contributed by atoms with Crippen LogP contribution in [0.15, 0.2) is 36.4 Å². The third-order valence-electron chi connectivity index (χ3n) is 4.97. The zero-order chi connectivity index (χ0) is 19.7. The summed E-state index contributed by atoms with van der Waals surface area (Å²) in [5.74, 6) is -1.93. The molecule has 2 aromatic carbocycles. The molecule has 6 nitrogen and oxygen atoms in total. The van der Waals surface area contributed by atoms with Crippen molar-refractivity contribution in [2.45, 2.75) is 27.7 Å². The molecular formula is C21H23N3O3. The summed E-state index contributed by atoms with van der Waals surface area (Å²) in [7, 11) is 0. The van der Waals surface area contributed by atoms with Gasteiger partial charge in [-0.05, 0) is 62.1 Å². The molecular weight excluding hydrogens is 342 g/mol. The number of para-hydroxylation sites is 1. The van der Waals surface area contributed by atoms with E-state index in [9.17, 15) is 14.4 Å². The molecule has 6 heteroatoms. The lowest BCUT2D eigenvalue weighted by atomic mass is 10.0. The number of carbonyl (C=O) groups is 3. The van der Waals surface area contributed by atoms with E-state index in [1.807, 2.05) is 52.0 Å². The number of hydrogen-bond donors (Lipinski definition) is 2. The van der Waals surface area contributed by atoms with Crippen LogP contribution in [-0.2, 0) is 9.59 Å². The lowest BCUT2D eigenvalue weighted by Crippen LogP contribution is -2.58. The predicted octanol–water partition coefficient (Wildman–Crippen LogP) is 3.23. The van der Waals surface area contributed by atoms with Crippen molar-refractivity contribution in [3.05, 3.63) is 58.7 Å². The van der Waals surface area contributed by atoms with Crippen molar-refractivity contribution >= 4 is 29.2 Å². The van der Waals surface area contributed by atoms with E-state index < -0.39 is 23.8 Å². The van der Waals surface area contributed by atoms with Gasteiger partial charge in [-0.25, -0.2) is 9.69 Å². The molecule has 1 saturated heterocycles. The first kappa shape index (κ1) is 18.6. The topological polar surface area (TPSA) is 78.5 Å². The van der Waals surface area contributed by atoms with Crippen LogP contribution in [0.3, 0.4) is 0 Å². The van der Waals surface area contributed by atoms with E-state index in [2.05, 4.69) is 10.6 Å². The molecule has 0 bridgehead atoms. The van der Waals surface area contributed by atoms with Crippen molar-refractivity contribution < 1.29 is 14.4 Å². The van der Waals surface area contributed by atoms with Crippen LogP contribution >= 0.6 is 0 Å². The summed E-state index contributed by atoms with van der Waals surface area (Å²) in [5.41, 5.74) is 5.03. The molecule has 0 aromatic heterocycles. The smallest absolute Gasteiger partial charge is 0.328 e. The van der Waals surface area contributed by atoms with Crippen LogP contribution < -0.4 is 15.5 Å². The fourth-order valence-corrected chi connectivity index (χ4v) is 3.15. The van der Waals surface area contributed by atoms with Crippen LogP contribution in [0, 0.1) is 33.6 Å². The number of urea groups is 1. The van der Waals surface area contributed by atoms with Gasteiger partial charge in [-0.15, -0.1) is 0 Å². The van der Waals surface area contributed by atoms with Crippen LogP contribution in [0.1, 0.15) is 22.3 Å². The van der Waals surface area contributed by atoms with Gasteiger partial charge in [-0.3, -0.25) is 9.59 Å². The lowest BCUT2D eigenvalue weighted by Gasteiger charge is -2.31. The summed E-state index contributed by atoms with van der Waals surface area (Å²) in [5, 5.41) is 5.49. The number of aryl methyl sites for hydroxylation is 4. The van der Waals surface area contributed by atoms with Crippen LogP contribution in [0.4, 0.5) is 16.2 Å². The van der Waals surface area contributed by atoms with E-state index in [4.69, 9.17) is 0 Å². The van der Waals surface area contributed by atoms with Crippen LogP contribution in [0.5, 0.6) is 0 Å². The van der Waals surface area contributed by atoms with Gasteiger partial charge < -0.3 is 10.6 Å². The van der Waals surface area contributed by atoms with E-state index >= 15 is 0 Å². The maximum atomic E-state index is 12.9. The molecule has 3 rings (SSSR count). The summed E-state index contributed by atoms with van der Waals surface area (Å²) in [6.45, 7) is 7.65. The Kier molecular flexibility index (Phi) is 4.99. The minimum atomic E-state index is -0.983. The molecule has 4 amide bonds. The molecule has 27 heavy (non-hydrogen) atoms. The number of anilines is 2. The molecule has 0 saturated carbocycles. The highest BCUT2D eigenvalue weighted by atomic mass is 16.2. The molecule has 1 atom stereocenters. The van der Waals surface area contributed by atoms with Gasteiger partial charge in [0.05, 0.1) is 5.69 Å². The van der Waals surface area contributed by atoms with E-state index in [-0.39, 0.29) is 6.54 Å². The average molecular weight is 365 g/mol. The van der Waals surface area contributed by atoms with Crippen LogP contribution in [0.2, 0.25) is 0 Å². The summed E-state index contributed by atoms with van der Waals surface area (Å²) in [6, 6.07) is 10.5. The van der Waals surface area contributed by atoms with Gasteiger partial charge in [0.1, 0.15) is 5.92 Å². The number of imide groups is 1. The van der Waals surface area contributed by atoms with Crippen molar-refractivity contribution in [2.75, 3.05) is 16.8 Å². The Morgan fingerprint density at radius 1 is 1.00 bits per heavy atom. The summed E-state index contributed by atoms with van der Waals surface area (Å²) in [4.78, 5) is 39.1. The summed E-state index contributed by atoms with van der Waals surface area (Å²) >= 11 is 0. The number of nitrogens with zero attached hydrogens (tertiary/aromatic N) is 1. The molecule has 2 aromatic rings. The molecule has 2 N–H and O–H groups in total. The van der Waals surface area contributed by atoms with Crippen molar-refractivity contribution in [3.63, 3.8) is 0 Å². The van der Waals surface area contributed by atoms with Gasteiger partial charge >= 0.3 is 6.03 Å². The largest absolute Gasteiger partial charge is 0.336 e. The Bertz CT molecular complexity index is 916. The second-order valence-electron chi connectivity index (χ2n) is 6.94. The first-order valence-electron chi connectivity index (χ1n) is 8.85. The Balaban J connectivity index is 1.86. The maximum absolute atomic E-state index is 12.9. The quantitative estimate of drug-likeness (QED) is 0.820. The zero-order valence-electron chi connectivity index (χ0n) is 15.9. The molecule has 140 valence electrons. The zero-order valence-corrected chi connectivity index (χ0v) is 15.9. The summed E-state index contributed by atoms with van der Waals surface area (Å²) in [6.07, 6.45) is 0. The standard InChI is InChI=1S/C21H23N3O3/c1-12-8-9-16(10-15(12)4)24-20(26)17(11-22-21(24)27)19(25)23-18-13(2)6-5-7-14(18)3/h5-10,17H,11H2,1-4H3,(H,22,27)(H,23,25). The summed E-state index contributed by atoms with van der Waals surface area (Å²) < 4.78 is 0. The fraction of sp³-hybridized carbons (Fsp3) is 0.286. The van der Waals surface area contributed by atoms with Gasteiger partial charge in [0.2, 0.25) is 11.8 Å². The number of benzene rings is 2. The Morgan fingerprint density at radius 2 is 1.67 bits per heavy atom. The van der Waals surface area contributed by atoms with Gasteiger partial charge in [-0.2, -0.15) is 0 Å². The third kappa shape index (κ3) is 3.56. The average Bonchev–Trinajstić information content (AvgIpc) is 2.61.